The van der Waals surface area contributed by atoms with E-state index in [1.54, 1.807) is 6.07 Å². The van der Waals surface area contributed by atoms with Crippen LogP contribution < -0.4 is 0 Å². The molecule has 0 aliphatic carbocycles. The molecule has 0 radical (unpaired) electrons. The molecule has 0 fully saturated rings. The summed E-state index contributed by atoms with van der Waals surface area (Å²) in [6.45, 7) is 6.81. The van der Waals surface area contributed by atoms with Crippen LogP contribution in [0.4, 0.5) is 0 Å². The monoisotopic (exact) mass is 281 g/mol. The van der Waals surface area contributed by atoms with E-state index in [2.05, 4.69) is 18.7 Å². The van der Waals surface area contributed by atoms with Crippen molar-refractivity contribution in [3.63, 3.8) is 0 Å². The highest BCUT2D eigenvalue weighted by Crippen LogP contribution is 2.16. The molecule has 0 aliphatic heterocycles. The van der Waals surface area contributed by atoms with E-state index in [1.807, 2.05) is 18.2 Å². The SMILES string of the molecule is CCCCN(CCCC)CC(=O)c1ccccc1Cl. The van der Waals surface area contributed by atoms with Gasteiger partial charge in [0.25, 0.3) is 0 Å². The number of rotatable bonds is 9. The predicted molar refractivity (Wildman–Crippen MR) is 82.0 cm³/mol. The van der Waals surface area contributed by atoms with Gasteiger partial charge in [-0.3, -0.25) is 9.69 Å². The summed E-state index contributed by atoms with van der Waals surface area (Å²) in [5, 5.41) is 0.554. The molecule has 0 amide bonds. The summed E-state index contributed by atoms with van der Waals surface area (Å²) >= 11 is 6.07. The average molecular weight is 282 g/mol. The van der Waals surface area contributed by atoms with Gasteiger partial charge in [0, 0.05) is 5.56 Å². The fraction of sp³-hybridized carbons (Fsp3) is 0.562. The Morgan fingerprint density at radius 2 is 1.68 bits per heavy atom. The third-order valence-electron chi connectivity index (χ3n) is 3.20. The third kappa shape index (κ3) is 5.75. The van der Waals surface area contributed by atoms with Crippen molar-refractivity contribution in [2.24, 2.45) is 0 Å². The molecule has 2 nitrogen and oxygen atoms in total. The van der Waals surface area contributed by atoms with Gasteiger partial charge < -0.3 is 0 Å². The number of hydrogen-bond donors (Lipinski definition) is 0. The first-order valence-electron chi connectivity index (χ1n) is 7.19. The number of nitrogens with zero attached hydrogens (tertiary/aromatic N) is 1. The lowest BCUT2D eigenvalue weighted by atomic mass is 10.1. The molecule has 1 aromatic rings. The molecule has 3 heteroatoms. The van der Waals surface area contributed by atoms with Gasteiger partial charge in [0.2, 0.25) is 0 Å². The average Bonchev–Trinajstić information content (AvgIpc) is 2.42. The number of Topliss-reactive ketones (excluding diaryl/α,β-unsaturated/α-hetero) is 1. The molecular formula is C16H24ClNO. The highest BCUT2D eigenvalue weighted by Gasteiger charge is 2.14. The van der Waals surface area contributed by atoms with Gasteiger partial charge in [-0.05, 0) is 38.1 Å². The minimum Gasteiger partial charge on any atom is -0.296 e. The summed E-state index contributed by atoms with van der Waals surface area (Å²) in [6.07, 6.45) is 4.59. The van der Waals surface area contributed by atoms with Crippen molar-refractivity contribution in [2.75, 3.05) is 19.6 Å². The Bertz CT molecular complexity index is 384. The van der Waals surface area contributed by atoms with Crippen molar-refractivity contribution in [3.05, 3.63) is 34.9 Å². The molecule has 0 saturated carbocycles. The quantitative estimate of drug-likeness (QED) is 0.624. The van der Waals surface area contributed by atoms with Crippen LogP contribution >= 0.6 is 11.6 Å². The Morgan fingerprint density at radius 1 is 1.11 bits per heavy atom. The lowest BCUT2D eigenvalue weighted by Gasteiger charge is -2.21. The summed E-state index contributed by atoms with van der Waals surface area (Å²) in [4.78, 5) is 14.5. The van der Waals surface area contributed by atoms with Crippen LogP contribution in [0.2, 0.25) is 5.02 Å². The molecule has 0 atom stereocenters. The van der Waals surface area contributed by atoms with Gasteiger partial charge >= 0.3 is 0 Å². The van der Waals surface area contributed by atoms with Gasteiger partial charge in [0.1, 0.15) is 0 Å². The first-order valence-corrected chi connectivity index (χ1v) is 7.56. The molecule has 1 rings (SSSR count). The number of carbonyl (C=O) groups excluding carboxylic acids is 1. The second-order valence-corrected chi connectivity index (χ2v) is 5.29. The van der Waals surface area contributed by atoms with Crippen LogP contribution in [-0.4, -0.2) is 30.3 Å². The van der Waals surface area contributed by atoms with Crippen molar-refractivity contribution in [1.82, 2.24) is 4.90 Å². The predicted octanol–water partition coefficient (Wildman–Crippen LogP) is 4.42. The molecule has 106 valence electrons. The van der Waals surface area contributed by atoms with Crippen LogP contribution in [0.1, 0.15) is 49.9 Å². The second kappa shape index (κ2) is 9.11. The zero-order chi connectivity index (χ0) is 14.1. The first-order chi connectivity index (χ1) is 9.19. The van der Waals surface area contributed by atoms with Crippen molar-refractivity contribution in [2.45, 2.75) is 39.5 Å². The maximum Gasteiger partial charge on any atom is 0.178 e. The Hall–Kier alpha value is -0.860. The summed E-state index contributed by atoms with van der Waals surface area (Å²) < 4.78 is 0. The zero-order valence-corrected chi connectivity index (χ0v) is 12.7. The van der Waals surface area contributed by atoms with E-state index in [0.717, 1.165) is 38.8 Å². The van der Waals surface area contributed by atoms with E-state index in [4.69, 9.17) is 11.6 Å². The van der Waals surface area contributed by atoms with Gasteiger partial charge in [-0.2, -0.15) is 0 Å². The molecule has 0 saturated heterocycles. The summed E-state index contributed by atoms with van der Waals surface area (Å²) in [5.41, 5.74) is 0.641. The highest BCUT2D eigenvalue weighted by molar-refractivity contribution is 6.34. The van der Waals surface area contributed by atoms with Crippen LogP contribution in [-0.2, 0) is 0 Å². The summed E-state index contributed by atoms with van der Waals surface area (Å²) in [7, 11) is 0. The van der Waals surface area contributed by atoms with Crippen molar-refractivity contribution in [1.29, 1.82) is 0 Å². The highest BCUT2D eigenvalue weighted by atomic mass is 35.5. The standard InChI is InChI=1S/C16H24ClNO/c1-3-5-11-18(12-6-4-2)13-16(19)14-9-7-8-10-15(14)17/h7-10H,3-6,11-13H2,1-2H3. The molecule has 0 aromatic heterocycles. The topological polar surface area (TPSA) is 20.3 Å². The van der Waals surface area contributed by atoms with E-state index >= 15 is 0 Å². The Balaban J connectivity index is 2.61. The Labute approximate surface area is 121 Å². The second-order valence-electron chi connectivity index (χ2n) is 4.89. The minimum atomic E-state index is 0.123. The fourth-order valence-electron chi connectivity index (χ4n) is 2.01. The van der Waals surface area contributed by atoms with Crippen LogP contribution in [0, 0.1) is 0 Å². The van der Waals surface area contributed by atoms with Gasteiger partial charge in [0.05, 0.1) is 11.6 Å². The van der Waals surface area contributed by atoms with E-state index in [-0.39, 0.29) is 5.78 Å². The third-order valence-corrected chi connectivity index (χ3v) is 3.53. The molecule has 0 heterocycles. The lowest BCUT2D eigenvalue weighted by molar-refractivity contribution is 0.0928. The molecule has 0 bridgehead atoms. The first kappa shape index (κ1) is 16.2. The largest absolute Gasteiger partial charge is 0.296 e. The Morgan fingerprint density at radius 3 is 2.21 bits per heavy atom. The Kier molecular flexibility index (Phi) is 7.76. The number of carbonyl (C=O) groups is 1. The molecular weight excluding hydrogens is 258 g/mol. The van der Waals surface area contributed by atoms with Crippen molar-refractivity contribution >= 4 is 17.4 Å². The van der Waals surface area contributed by atoms with E-state index in [1.165, 1.54) is 0 Å². The van der Waals surface area contributed by atoms with Crippen molar-refractivity contribution in [3.8, 4) is 0 Å². The molecule has 1 aromatic carbocycles. The maximum atomic E-state index is 12.3. The minimum absolute atomic E-state index is 0.123. The van der Waals surface area contributed by atoms with Crippen molar-refractivity contribution < 1.29 is 4.79 Å². The van der Waals surface area contributed by atoms with E-state index < -0.39 is 0 Å². The van der Waals surface area contributed by atoms with E-state index in [0.29, 0.717) is 17.1 Å². The number of halogens is 1. The van der Waals surface area contributed by atoms with Gasteiger partial charge in [-0.15, -0.1) is 0 Å². The lowest BCUT2D eigenvalue weighted by Crippen LogP contribution is -2.32. The van der Waals surface area contributed by atoms with Gasteiger partial charge in [-0.1, -0.05) is 50.4 Å². The zero-order valence-electron chi connectivity index (χ0n) is 12.0. The summed E-state index contributed by atoms with van der Waals surface area (Å²) in [5.74, 6) is 0.123. The van der Waals surface area contributed by atoms with Crippen LogP contribution in [0.15, 0.2) is 24.3 Å². The molecule has 0 N–H and O–H groups in total. The number of hydrogen-bond acceptors (Lipinski definition) is 2. The fourth-order valence-corrected chi connectivity index (χ4v) is 2.25. The van der Waals surface area contributed by atoms with E-state index in [9.17, 15) is 4.79 Å². The van der Waals surface area contributed by atoms with Gasteiger partial charge in [0.15, 0.2) is 5.78 Å². The van der Waals surface area contributed by atoms with Crippen LogP contribution in [0.25, 0.3) is 0 Å². The number of benzene rings is 1. The molecule has 0 unspecified atom stereocenters. The molecule has 19 heavy (non-hydrogen) atoms. The summed E-state index contributed by atoms with van der Waals surface area (Å²) in [6, 6.07) is 7.30. The van der Waals surface area contributed by atoms with Crippen LogP contribution in [0.5, 0.6) is 0 Å². The molecule has 0 aliphatic rings. The maximum absolute atomic E-state index is 12.3. The van der Waals surface area contributed by atoms with Gasteiger partial charge in [-0.25, -0.2) is 0 Å². The molecule has 0 spiro atoms. The smallest absolute Gasteiger partial charge is 0.178 e. The normalized spacial score (nSPS) is 10.9. The number of unbranched alkanes of at least 4 members (excludes halogenated alkanes) is 2. The van der Waals surface area contributed by atoms with Crippen LogP contribution in [0.3, 0.4) is 0 Å². The number of ketones is 1.